The number of aliphatic hydroxyl groups is 1. The van der Waals surface area contributed by atoms with E-state index in [1.165, 1.54) is 0 Å². The highest BCUT2D eigenvalue weighted by Gasteiger charge is 1.75. The van der Waals surface area contributed by atoms with Crippen LogP contribution in [0.15, 0.2) is 29.0 Å². The molecule has 1 rings (SSSR count). The van der Waals surface area contributed by atoms with E-state index < -0.39 is 0 Å². The van der Waals surface area contributed by atoms with Gasteiger partial charge in [0.15, 0.2) is 0 Å². The predicted molar refractivity (Wildman–Crippen MR) is 49.3 cm³/mol. The Bertz CT molecular complexity index is 174. The smallest absolute Gasteiger partial charge is 0.0483 e. The Morgan fingerprint density at radius 3 is 2.27 bits per heavy atom. The zero-order valence-corrected chi connectivity index (χ0v) is 8.25. The first-order valence-corrected chi connectivity index (χ1v) is 4.16. The highest BCUT2D eigenvalue weighted by molar-refractivity contribution is 9.10. The highest BCUT2D eigenvalue weighted by Crippen LogP contribution is 2.02. The van der Waals surface area contributed by atoms with E-state index in [0.717, 1.165) is 4.47 Å². The van der Waals surface area contributed by atoms with E-state index in [-0.39, 0.29) is 6.10 Å². The Labute approximate surface area is 75.4 Å². The van der Waals surface area contributed by atoms with Crippen LogP contribution in [0.2, 0.25) is 0 Å². The molecule has 1 heterocycles. The lowest BCUT2D eigenvalue weighted by Crippen LogP contribution is -1.85. The third-order valence-electron chi connectivity index (χ3n) is 0.625. The lowest BCUT2D eigenvalue weighted by Gasteiger charge is -1.80. The van der Waals surface area contributed by atoms with Crippen molar-refractivity contribution in [2.24, 2.45) is 0 Å². The fraction of sp³-hybridized carbons (Fsp3) is 0.375. The Hall–Kier alpha value is -0.410. The van der Waals surface area contributed by atoms with Gasteiger partial charge in [0.2, 0.25) is 0 Å². The molecule has 0 atom stereocenters. The van der Waals surface area contributed by atoms with Crippen molar-refractivity contribution < 1.29 is 5.11 Å². The maximum Gasteiger partial charge on any atom is 0.0483 e. The molecule has 1 aromatic heterocycles. The van der Waals surface area contributed by atoms with E-state index in [0.29, 0.717) is 0 Å². The van der Waals surface area contributed by atoms with Gasteiger partial charge in [-0.05, 0) is 41.9 Å². The third kappa shape index (κ3) is 9.59. The molecule has 3 heteroatoms. The van der Waals surface area contributed by atoms with Gasteiger partial charge >= 0.3 is 0 Å². The summed E-state index contributed by atoms with van der Waals surface area (Å²) in [6.45, 7) is 3.44. The number of pyridine rings is 1. The molecule has 0 aromatic carbocycles. The molecule has 0 bridgehead atoms. The van der Waals surface area contributed by atoms with Gasteiger partial charge in [-0.1, -0.05) is 0 Å². The monoisotopic (exact) mass is 217 g/mol. The average molecular weight is 218 g/mol. The molecule has 2 nitrogen and oxygen atoms in total. The summed E-state index contributed by atoms with van der Waals surface area (Å²) < 4.78 is 1.02. The van der Waals surface area contributed by atoms with Crippen LogP contribution < -0.4 is 0 Å². The number of rotatable bonds is 0. The standard InChI is InChI=1S/C5H4BrN.C3H8O/c6-5-2-1-3-7-4-5;1-3(2)4/h1-4H;3-4H,1-2H3. The van der Waals surface area contributed by atoms with E-state index in [1.54, 1.807) is 26.2 Å². The van der Waals surface area contributed by atoms with E-state index in [1.807, 2.05) is 12.1 Å². The van der Waals surface area contributed by atoms with Gasteiger partial charge in [-0.15, -0.1) is 0 Å². The molecule has 0 aliphatic heterocycles. The fourth-order valence-corrected chi connectivity index (χ4v) is 0.613. The van der Waals surface area contributed by atoms with Crippen LogP contribution in [-0.2, 0) is 0 Å². The molecule has 11 heavy (non-hydrogen) atoms. The summed E-state index contributed by atoms with van der Waals surface area (Å²) in [6.07, 6.45) is 3.32. The zero-order valence-electron chi connectivity index (χ0n) is 6.66. The van der Waals surface area contributed by atoms with Crippen molar-refractivity contribution in [3.05, 3.63) is 29.0 Å². The van der Waals surface area contributed by atoms with Crippen molar-refractivity contribution in [2.45, 2.75) is 20.0 Å². The average Bonchev–Trinajstić information content (AvgIpc) is 1.87. The molecular weight excluding hydrogens is 206 g/mol. The van der Waals surface area contributed by atoms with Crippen molar-refractivity contribution in [3.63, 3.8) is 0 Å². The molecule has 0 amide bonds. The van der Waals surface area contributed by atoms with Crippen molar-refractivity contribution in [2.75, 3.05) is 0 Å². The SMILES string of the molecule is Brc1cccnc1.CC(C)O. The van der Waals surface area contributed by atoms with Gasteiger partial charge in [0, 0.05) is 23.0 Å². The van der Waals surface area contributed by atoms with Crippen LogP contribution >= 0.6 is 15.9 Å². The first-order valence-electron chi connectivity index (χ1n) is 3.36. The van der Waals surface area contributed by atoms with Gasteiger partial charge in [-0.25, -0.2) is 0 Å². The Morgan fingerprint density at radius 1 is 1.55 bits per heavy atom. The van der Waals surface area contributed by atoms with E-state index in [9.17, 15) is 0 Å². The van der Waals surface area contributed by atoms with Crippen molar-refractivity contribution >= 4 is 15.9 Å². The van der Waals surface area contributed by atoms with Crippen molar-refractivity contribution in [1.82, 2.24) is 4.98 Å². The normalized spacial score (nSPS) is 8.82. The molecular formula is C8H12BrNO. The quantitative estimate of drug-likeness (QED) is 0.724. The predicted octanol–water partition coefficient (Wildman–Crippen LogP) is 2.23. The zero-order chi connectivity index (χ0) is 8.69. The molecule has 62 valence electrons. The van der Waals surface area contributed by atoms with Crippen LogP contribution in [0.1, 0.15) is 13.8 Å². The molecule has 1 aromatic rings. The molecule has 0 saturated heterocycles. The Kier molecular flexibility index (Phi) is 6.07. The second kappa shape index (κ2) is 6.31. The van der Waals surface area contributed by atoms with Crippen molar-refractivity contribution in [1.29, 1.82) is 0 Å². The van der Waals surface area contributed by atoms with Crippen LogP contribution in [0, 0.1) is 0 Å². The summed E-state index contributed by atoms with van der Waals surface area (Å²) in [4.78, 5) is 3.84. The number of halogens is 1. The maximum absolute atomic E-state index is 8.06. The number of hydrogen-bond acceptors (Lipinski definition) is 2. The van der Waals surface area contributed by atoms with Gasteiger partial charge in [-0.3, -0.25) is 4.98 Å². The first kappa shape index (κ1) is 10.6. The van der Waals surface area contributed by atoms with Crippen molar-refractivity contribution in [3.8, 4) is 0 Å². The largest absolute Gasteiger partial charge is 0.394 e. The lowest BCUT2D eigenvalue weighted by molar-refractivity contribution is 0.216. The molecule has 0 aliphatic rings. The van der Waals surface area contributed by atoms with Crippen LogP contribution in [0.4, 0.5) is 0 Å². The molecule has 0 fully saturated rings. The Balaban J connectivity index is 0.000000218. The van der Waals surface area contributed by atoms with Crippen LogP contribution in [0.3, 0.4) is 0 Å². The number of aromatic nitrogens is 1. The number of hydrogen-bond donors (Lipinski definition) is 1. The summed E-state index contributed by atoms with van der Waals surface area (Å²) in [5.41, 5.74) is 0. The summed E-state index contributed by atoms with van der Waals surface area (Å²) in [5.74, 6) is 0. The summed E-state index contributed by atoms with van der Waals surface area (Å²) in [6, 6.07) is 3.82. The van der Waals surface area contributed by atoms with Gasteiger partial charge in [0.1, 0.15) is 0 Å². The van der Waals surface area contributed by atoms with Gasteiger partial charge < -0.3 is 5.11 Å². The number of nitrogens with zero attached hydrogens (tertiary/aromatic N) is 1. The second-order valence-electron chi connectivity index (χ2n) is 2.26. The van der Waals surface area contributed by atoms with E-state index >= 15 is 0 Å². The van der Waals surface area contributed by atoms with E-state index in [4.69, 9.17) is 5.11 Å². The third-order valence-corrected chi connectivity index (χ3v) is 1.09. The molecule has 0 aliphatic carbocycles. The summed E-state index contributed by atoms with van der Waals surface area (Å²) >= 11 is 3.25. The second-order valence-corrected chi connectivity index (χ2v) is 3.18. The minimum absolute atomic E-state index is 0.167. The molecule has 0 unspecified atom stereocenters. The van der Waals surface area contributed by atoms with Crippen LogP contribution in [-0.4, -0.2) is 16.2 Å². The minimum Gasteiger partial charge on any atom is -0.394 e. The Morgan fingerprint density at radius 2 is 2.09 bits per heavy atom. The molecule has 0 radical (unpaired) electrons. The molecule has 0 saturated carbocycles. The van der Waals surface area contributed by atoms with Crippen LogP contribution in [0.5, 0.6) is 0 Å². The lowest BCUT2D eigenvalue weighted by atomic mass is 10.5. The fourth-order valence-electron chi connectivity index (χ4n) is 0.342. The van der Waals surface area contributed by atoms with E-state index in [2.05, 4.69) is 20.9 Å². The molecule has 1 N–H and O–H groups in total. The van der Waals surface area contributed by atoms with Gasteiger partial charge in [0.05, 0.1) is 0 Å². The first-order chi connectivity index (χ1) is 5.13. The topological polar surface area (TPSA) is 33.1 Å². The van der Waals surface area contributed by atoms with Gasteiger partial charge in [0.25, 0.3) is 0 Å². The number of aliphatic hydroxyl groups excluding tert-OH is 1. The highest BCUT2D eigenvalue weighted by atomic mass is 79.9. The maximum atomic E-state index is 8.06. The summed E-state index contributed by atoms with van der Waals surface area (Å²) in [5, 5.41) is 8.06. The summed E-state index contributed by atoms with van der Waals surface area (Å²) in [7, 11) is 0. The molecule has 0 spiro atoms. The minimum atomic E-state index is -0.167. The van der Waals surface area contributed by atoms with Gasteiger partial charge in [-0.2, -0.15) is 0 Å². The van der Waals surface area contributed by atoms with Crippen LogP contribution in [0.25, 0.3) is 0 Å².